The number of furan rings is 1. The molecular formula is C47H30O. The Morgan fingerprint density at radius 2 is 1.04 bits per heavy atom. The van der Waals surface area contributed by atoms with E-state index in [1.54, 1.807) is 0 Å². The van der Waals surface area contributed by atoms with Gasteiger partial charge in [-0.2, -0.15) is 0 Å². The molecule has 0 unspecified atom stereocenters. The highest BCUT2D eigenvalue weighted by molar-refractivity contribution is 6.23. The maximum Gasteiger partial charge on any atom is 0.136 e. The lowest BCUT2D eigenvalue weighted by Gasteiger charge is -2.23. The highest BCUT2D eigenvalue weighted by Crippen LogP contribution is 2.55. The summed E-state index contributed by atoms with van der Waals surface area (Å²) in [7, 11) is 0. The van der Waals surface area contributed by atoms with E-state index in [0.29, 0.717) is 0 Å². The fourth-order valence-corrected chi connectivity index (χ4v) is 8.83. The fourth-order valence-electron chi connectivity index (χ4n) is 8.83. The lowest BCUT2D eigenvalue weighted by Crippen LogP contribution is -2.15. The first kappa shape index (κ1) is 26.2. The zero-order valence-electron chi connectivity index (χ0n) is 26.8. The van der Waals surface area contributed by atoms with E-state index in [-0.39, 0.29) is 5.41 Å². The molecule has 1 heterocycles. The van der Waals surface area contributed by atoms with Crippen molar-refractivity contribution < 1.29 is 4.42 Å². The average molecular weight is 611 g/mol. The quantitative estimate of drug-likeness (QED) is 0.178. The van der Waals surface area contributed by atoms with Crippen LogP contribution in [0.15, 0.2) is 150 Å². The molecule has 0 fully saturated rings. The molecule has 1 heteroatoms. The number of hydrogen-bond donors (Lipinski definition) is 0. The predicted octanol–water partition coefficient (Wildman–Crippen LogP) is 13.3. The molecule has 10 aromatic rings. The molecule has 0 N–H and O–H groups in total. The van der Waals surface area contributed by atoms with Gasteiger partial charge in [-0.1, -0.05) is 117 Å². The molecule has 0 bridgehead atoms. The smallest absolute Gasteiger partial charge is 0.136 e. The van der Waals surface area contributed by atoms with Gasteiger partial charge in [-0.25, -0.2) is 0 Å². The minimum Gasteiger partial charge on any atom is -0.456 e. The van der Waals surface area contributed by atoms with Crippen LogP contribution >= 0.6 is 0 Å². The summed E-state index contributed by atoms with van der Waals surface area (Å²) in [6.45, 7) is 4.78. The topological polar surface area (TPSA) is 13.1 Å². The van der Waals surface area contributed by atoms with Crippen LogP contribution in [0.25, 0.3) is 98.4 Å². The second-order valence-electron chi connectivity index (χ2n) is 14.1. The summed E-state index contributed by atoms with van der Waals surface area (Å²) in [6, 6.07) is 54.0. The van der Waals surface area contributed by atoms with E-state index >= 15 is 0 Å². The van der Waals surface area contributed by atoms with Crippen molar-refractivity contribution >= 4 is 65.0 Å². The van der Waals surface area contributed by atoms with Gasteiger partial charge in [-0.3, -0.25) is 0 Å². The van der Waals surface area contributed by atoms with E-state index in [4.69, 9.17) is 4.42 Å². The van der Waals surface area contributed by atoms with Gasteiger partial charge in [0, 0.05) is 16.2 Å². The molecule has 0 saturated carbocycles. The van der Waals surface area contributed by atoms with Crippen molar-refractivity contribution in [2.45, 2.75) is 19.3 Å². The van der Waals surface area contributed by atoms with E-state index in [1.165, 1.54) is 87.6 Å². The molecule has 0 spiro atoms. The van der Waals surface area contributed by atoms with E-state index < -0.39 is 0 Å². The van der Waals surface area contributed by atoms with E-state index in [1.807, 2.05) is 6.07 Å². The molecule has 48 heavy (non-hydrogen) atoms. The van der Waals surface area contributed by atoms with Crippen molar-refractivity contribution in [2.75, 3.05) is 0 Å². The van der Waals surface area contributed by atoms with Gasteiger partial charge < -0.3 is 4.42 Å². The van der Waals surface area contributed by atoms with Gasteiger partial charge in [0.2, 0.25) is 0 Å². The maximum absolute atomic E-state index is 6.39. The molecule has 1 nitrogen and oxygen atoms in total. The normalized spacial score (nSPS) is 13.8. The molecule has 1 aromatic heterocycles. The van der Waals surface area contributed by atoms with E-state index in [2.05, 4.69) is 153 Å². The van der Waals surface area contributed by atoms with Crippen LogP contribution in [0.4, 0.5) is 0 Å². The average Bonchev–Trinajstić information content (AvgIpc) is 3.60. The van der Waals surface area contributed by atoms with Gasteiger partial charge in [0.15, 0.2) is 0 Å². The first-order valence-corrected chi connectivity index (χ1v) is 16.8. The van der Waals surface area contributed by atoms with Crippen LogP contribution in [0.5, 0.6) is 0 Å². The second kappa shape index (κ2) is 9.12. The van der Waals surface area contributed by atoms with Gasteiger partial charge in [0.25, 0.3) is 0 Å². The number of fused-ring (bicyclic) bond motifs is 7. The number of hydrogen-bond acceptors (Lipinski definition) is 1. The summed E-state index contributed by atoms with van der Waals surface area (Å²) in [5.41, 5.74) is 12.1. The van der Waals surface area contributed by atoms with Crippen LogP contribution in [0.3, 0.4) is 0 Å². The molecule has 0 amide bonds. The van der Waals surface area contributed by atoms with Crippen molar-refractivity contribution in [2.24, 2.45) is 0 Å². The van der Waals surface area contributed by atoms with Crippen LogP contribution in [0.2, 0.25) is 0 Å². The van der Waals surface area contributed by atoms with Crippen molar-refractivity contribution in [1.29, 1.82) is 0 Å². The lowest BCUT2D eigenvalue weighted by molar-refractivity contribution is 0.661. The first-order valence-electron chi connectivity index (χ1n) is 16.8. The van der Waals surface area contributed by atoms with Crippen LogP contribution < -0.4 is 0 Å². The Kier molecular flexibility index (Phi) is 4.97. The van der Waals surface area contributed by atoms with Gasteiger partial charge in [-0.15, -0.1) is 0 Å². The summed E-state index contributed by atoms with van der Waals surface area (Å²) in [6.07, 6.45) is 0. The monoisotopic (exact) mass is 610 g/mol. The Morgan fingerprint density at radius 3 is 1.85 bits per heavy atom. The maximum atomic E-state index is 6.39. The summed E-state index contributed by atoms with van der Waals surface area (Å²) >= 11 is 0. The minimum atomic E-state index is -0.168. The molecule has 0 saturated heterocycles. The molecule has 1 aliphatic carbocycles. The van der Waals surface area contributed by atoms with Crippen molar-refractivity contribution in [3.63, 3.8) is 0 Å². The zero-order chi connectivity index (χ0) is 31.7. The molecular weight excluding hydrogens is 581 g/mol. The van der Waals surface area contributed by atoms with Gasteiger partial charge in [-0.05, 0) is 130 Å². The van der Waals surface area contributed by atoms with Gasteiger partial charge in [0.1, 0.15) is 11.2 Å². The third kappa shape index (κ3) is 3.40. The lowest BCUT2D eigenvalue weighted by atomic mass is 9.80. The van der Waals surface area contributed by atoms with Crippen LogP contribution in [-0.4, -0.2) is 0 Å². The van der Waals surface area contributed by atoms with Crippen LogP contribution in [-0.2, 0) is 5.41 Å². The van der Waals surface area contributed by atoms with Crippen molar-refractivity contribution in [1.82, 2.24) is 0 Å². The van der Waals surface area contributed by atoms with Crippen molar-refractivity contribution in [3.8, 4) is 33.4 Å². The molecule has 9 aromatic carbocycles. The molecule has 0 aliphatic heterocycles. The second-order valence-corrected chi connectivity index (χ2v) is 14.1. The first-order chi connectivity index (χ1) is 23.5. The predicted molar refractivity (Wildman–Crippen MR) is 203 cm³/mol. The SMILES string of the molecule is CC1(C)c2cc(-c3cc4ccc5cccc6ccc(c3)c4c56)ccc2-c2c1cc1ccccc1c2-c1ccc2c(c1)oc1ccccc12. The minimum absolute atomic E-state index is 0.168. The number of benzene rings is 9. The van der Waals surface area contributed by atoms with Crippen LogP contribution in [0, 0.1) is 0 Å². The van der Waals surface area contributed by atoms with Crippen LogP contribution in [0.1, 0.15) is 25.0 Å². The Hall–Kier alpha value is -5.92. The standard InChI is InChI=1S/C47H30O/c1-47(2)39-24-29(34-22-31-16-14-27-9-7-10-28-15-17-32(23-34)44(31)43(27)28)18-21-38(39)46-40(47)25-30-8-3-4-11-35(30)45(46)33-19-20-37-36-12-5-6-13-41(36)48-42(37)26-33/h3-26H,1-2H3. The highest BCUT2D eigenvalue weighted by atomic mass is 16.3. The largest absolute Gasteiger partial charge is 0.456 e. The van der Waals surface area contributed by atoms with Gasteiger partial charge >= 0.3 is 0 Å². The third-order valence-corrected chi connectivity index (χ3v) is 11.1. The van der Waals surface area contributed by atoms with Gasteiger partial charge in [0.05, 0.1) is 0 Å². The Bertz CT molecular complexity index is 2910. The zero-order valence-corrected chi connectivity index (χ0v) is 26.8. The Labute approximate surface area is 278 Å². The molecule has 224 valence electrons. The Morgan fingerprint density at radius 1 is 0.396 bits per heavy atom. The highest BCUT2D eigenvalue weighted by Gasteiger charge is 2.38. The molecule has 11 rings (SSSR count). The summed E-state index contributed by atoms with van der Waals surface area (Å²) in [5, 5.41) is 12.8. The molecule has 0 radical (unpaired) electrons. The summed E-state index contributed by atoms with van der Waals surface area (Å²) in [5.74, 6) is 0. The third-order valence-electron chi connectivity index (χ3n) is 11.1. The molecule has 0 atom stereocenters. The van der Waals surface area contributed by atoms with Crippen molar-refractivity contribution in [3.05, 3.63) is 157 Å². The fraction of sp³-hybridized carbons (Fsp3) is 0.0638. The molecule has 1 aliphatic rings. The van der Waals surface area contributed by atoms with E-state index in [9.17, 15) is 0 Å². The number of para-hydroxylation sites is 1. The summed E-state index contributed by atoms with van der Waals surface area (Å²) in [4.78, 5) is 0. The Balaban J connectivity index is 1.14. The number of rotatable bonds is 2. The summed E-state index contributed by atoms with van der Waals surface area (Å²) < 4.78 is 6.39. The van der Waals surface area contributed by atoms with E-state index in [0.717, 1.165) is 21.9 Å².